The Morgan fingerprint density at radius 2 is 1.72 bits per heavy atom. The van der Waals surface area contributed by atoms with E-state index in [1.54, 1.807) is 25.3 Å². The lowest BCUT2D eigenvalue weighted by Gasteiger charge is -2.16. The number of benzene rings is 3. The van der Waals surface area contributed by atoms with Crippen LogP contribution in [0.25, 0.3) is 0 Å². The Morgan fingerprint density at radius 3 is 2.38 bits per heavy atom. The molecule has 0 atom stereocenters. The van der Waals surface area contributed by atoms with Crippen LogP contribution in [0.1, 0.15) is 21.5 Å². The Bertz CT molecular complexity index is 985. The Balaban J connectivity index is 1.72. The average Bonchev–Trinajstić information content (AvgIpc) is 2.74. The standard InChI is InChI=1S/C24H26N2O3/c1-17-14-20(26(2)3)11-12-21(17)25-24(27)19-10-13-22(23(15-19)28-4)29-16-18-8-6-5-7-9-18/h5-15H,16H2,1-4H3,(H,25,27). The molecule has 5 nitrogen and oxygen atoms in total. The molecule has 1 N–H and O–H groups in total. The predicted octanol–water partition coefficient (Wildman–Crippen LogP) is 4.90. The number of aryl methyl sites for hydroxylation is 1. The minimum Gasteiger partial charge on any atom is -0.493 e. The maximum atomic E-state index is 12.7. The van der Waals surface area contributed by atoms with Crippen molar-refractivity contribution in [2.75, 3.05) is 31.4 Å². The average molecular weight is 390 g/mol. The number of carbonyl (C=O) groups is 1. The molecule has 0 aromatic heterocycles. The van der Waals surface area contributed by atoms with Gasteiger partial charge in [-0.3, -0.25) is 4.79 Å². The highest BCUT2D eigenvalue weighted by Gasteiger charge is 2.13. The second kappa shape index (κ2) is 9.15. The number of anilines is 2. The molecule has 3 aromatic carbocycles. The maximum Gasteiger partial charge on any atom is 0.255 e. The zero-order valence-electron chi connectivity index (χ0n) is 17.2. The molecule has 1 amide bonds. The maximum absolute atomic E-state index is 12.7. The molecule has 0 spiro atoms. The zero-order chi connectivity index (χ0) is 20.8. The zero-order valence-corrected chi connectivity index (χ0v) is 17.2. The van der Waals surface area contributed by atoms with Crippen molar-refractivity contribution in [3.05, 3.63) is 83.4 Å². The fraction of sp³-hybridized carbons (Fsp3) is 0.208. The van der Waals surface area contributed by atoms with Gasteiger partial charge in [-0.25, -0.2) is 0 Å². The highest BCUT2D eigenvalue weighted by atomic mass is 16.5. The van der Waals surface area contributed by atoms with Crippen molar-refractivity contribution in [2.45, 2.75) is 13.5 Å². The van der Waals surface area contributed by atoms with Gasteiger partial charge in [0.25, 0.3) is 5.91 Å². The molecule has 0 radical (unpaired) electrons. The first-order valence-corrected chi connectivity index (χ1v) is 9.42. The lowest BCUT2D eigenvalue weighted by Crippen LogP contribution is -2.14. The highest BCUT2D eigenvalue weighted by molar-refractivity contribution is 6.05. The molecule has 0 aliphatic heterocycles. The van der Waals surface area contributed by atoms with E-state index >= 15 is 0 Å². The highest BCUT2D eigenvalue weighted by Crippen LogP contribution is 2.29. The molecule has 0 saturated carbocycles. The summed E-state index contributed by atoms with van der Waals surface area (Å²) in [6.07, 6.45) is 0. The molecule has 0 aliphatic rings. The van der Waals surface area contributed by atoms with Crippen molar-refractivity contribution in [3.63, 3.8) is 0 Å². The molecule has 150 valence electrons. The molecule has 0 unspecified atom stereocenters. The molecule has 5 heteroatoms. The first kappa shape index (κ1) is 20.3. The van der Waals surface area contributed by atoms with Crippen molar-refractivity contribution < 1.29 is 14.3 Å². The number of ether oxygens (including phenoxy) is 2. The first-order valence-electron chi connectivity index (χ1n) is 9.42. The summed E-state index contributed by atoms with van der Waals surface area (Å²) in [7, 11) is 5.54. The van der Waals surface area contributed by atoms with Crippen molar-refractivity contribution in [1.29, 1.82) is 0 Å². The quantitative estimate of drug-likeness (QED) is 0.623. The van der Waals surface area contributed by atoms with Crippen molar-refractivity contribution >= 4 is 17.3 Å². The predicted molar refractivity (Wildman–Crippen MR) is 117 cm³/mol. The van der Waals surface area contributed by atoms with E-state index in [0.29, 0.717) is 23.7 Å². The van der Waals surface area contributed by atoms with E-state index < -0.39 is 0 Å². The number of nitrogens with one attached hydrogen (secondary N) is 1. The van der Waals surface area contributed by atoms with Crippen LogP contribution in [0.5, 0.6) is 11.5 Å². The minimum absolute atomic E-state index is 0.196. The smallest absolute Gasteiger partial charge is 0.255 e. The second-order valence-corrected chi connectivity index (χ2v) is 6.99. The van der Waals surface area contributed by atoms with Crippen LogP contribution in [0, 0.1) is 6.92 Å². The van der Waals surface area contributed by atoms with Crippen LogP contribution in [0.15, 0.2) is 66.7 Å². The van der Waals surface area contributed by atoms with E-state index in [9.17, 15) is 4.79 Å². The van der Waals surface area contributed by atoms with Gasteiger partial charge in [-0.15, -0.1) is 0 Å². The van der Waals surface area contributed by atoms with Gasteiger partial charge in [-0.1, -0.05) is 30.3 Å². The summed E-state index contributed by atoms with van der Waals surface area (Å²) in [5.74, 6) is 0.922. The van der Waals surface area contributed by atoms with Crippen LogP contribution in [0.2, 0.25) is 0 Å². The van der Waals surface area contributed by atoms with Gasteiger partial charge >= 0.3 is 0 Å². The molecular formula is C24H26N2O3. The van der Waals surface area contributed by atoms with Gasteiger partial charge in [0.1, 0.15) is 6.61 Å². The summed E-state index contributed by atoms with van der Waals surface area (Å²) < 4.78 is 11.3. The van der Waals surface area contributed by atoms with Gasteiger partial charge in [-0.05, 0) is 54.4 Å². The molecule has 0 aliphatic carbocycles. The number of hydrogen-bond acceptors (Lipinski definition) is 4. The summed E-state index contributed by atoms with van der Waals surface area (Å²) in [4.78, 5) is 14.8. The first-order chi connectivity index (χ1) is 14.0. The minimum atomic E-state index is -0.196. The molecule has 3 rings (SSSR count). The topological polar surface area (TPSA) is 50.8 Å². The number of rotatable bonds is 7. The van der Waals surface area contributed by atoms with Gasteiger partial charge in [0, 0.05) is 31.0 Å². The van der Waals surface area contributed by atoms with Crippen LogP contribution in [0.4, 0.5) is 11.4 Å². The lowest BCUT2D eigenvalue weighted by molar-refractivity contribution is 0.102. The van der Waals surface area contributed by atoms with Crippen LogP contribution in [-0.2, 0) is 6.61 Å². The van der Waals surface area contributed by atoms with Crippen LogP contribution >= 0.6 is 0 Å². The molecule has 0 heterocycles. The molecule has 0 saturated heterocycles. The van der Waals surface area contributed by atoms with Crippen molar-refractivity contribution in [1.82, 2.24) is 0 Å². The third kappa shape index (κ3) is 5.08. The normalized spacial score (nSPS) is 10.3. The second-order valence-electron chi connectivity index (χ2n) is 6.99. The van der Waals surface area contributed by atoms with Crippen LogP contribution < -0.4 is 19.7 Å². The van der Waals surface area contributed by atoms with E-state index in [1.807, 2.05) is 74.4 Å². The van der Waals surface area contributed by atoms with E-state index in [-0.39, 0.29) is 5.91 Å². The fourth-order valence-corrected chi connectivity index (χ4v) is 2.92. The van der Waals surface area contributed by atoms with E-state index in [1.165, 1.54) is 0 Å². The lowest BCUT2D eigenvalue weighted by atomic mass is 10.1. The van der Waals surface area contributed by atoms with E-state index in [2.05, 4.69) is 5.32 Å². The number of carbonyl (C=O) groups excluding carboxylic acids is 1. The fourth-order valence-electron chi connectivity index (χ4n) is 2.92. The summed E-state index contributed by atoms with van der Waals surface area (Å²) in [6.45, 7) is 2.41. The molecular weight excluding hydrogens is 364 g/mol. The summed E-state index contributed by atoms with van der Waals surface area (Å²) in [6, 6.07) is 21.0. The summed E-state index contributed by atoms with van der Waals surface area (Å²) in [5, 5.41) is 2.97. The van der Waals surface area contributed by atoms with Gasteiger partial charge in [-0.2, -0.15) is 0 Å². The Kier molecular flexibility index (Phi) is 6.39. The van der Waals surface area contributed by atoms with Crippen molar-refractivity contribution in [2.24, 2.45) is 0 Å². The molecule has 0 bridgehead atoms. The Labute approximate surface area is 171 Å². The van der Waals surface area contributed by atoms with E-state index in [4.69, 9.17) is 9.47 Å². The van der Waals surface area contributed by atoms with E-state index in [0.717, 1.165) is 22.5 Å². The Morgan fingerprint density at radius 1 is 0.966 bits per heavy atom. The molecule has 3 aromatic rings. The number of nitrogens with zero attached hydrogens (tertiary/aromatic N) is 1. The molecule has 0 fully saturated rings. The third-order valence-corrected chi connectivity index (χ3v) is 4.64. The summed E-state index contributed by atoms with van der Waals surface area (Å²) in [5.41, 5.74) is 4.43. The Hall–Kier alpha value is -3.47. The van der Waals surface area contributed by atoms with Crippen LogP contribution in [0.3, 0.4) is 0 Å². The molecule has 29 heavy (non-hydrogen) atoms. The SMILES string of the molecule is COc1cc(C(=O)Nc2ccc(N(C)C)cc2C)ccc1OCc1ccccc1. The van der Waals surface area contributed by atoms with Gasteiger partial charge < -0.3 is 19.7 Å². The third-order valence-electron chi connectivity index (χ3n) is 4.64. The monoisotopic (exact) mass is 390 g/mol. The van der Waals surface area contributed by atoms with Gasteiger partial charge in [0.15, 0.2) is 11.5 Å². The summed E-state index contributed by atoms with van der Waals surface area (Å²) >= 11 is 0. The number of amides is 1. The van der Waals surface area contributed by atoms with Crippen molar-refractivity contribution in [3.8, 4) is 11.5 Å². The van der Waals surface area contributed by atoms with Gasteiger partial charge in [0.2, 0.25) is 0 Å². The largest absolute Gasteiger partial charge is 0.493 e. The number of methoxy groups -OCH3 is 1. The van der Waals surface area contributed by atoms with Gasteiger partial charge in [0.05, 0.1) is 7.11 Å². The van der Waals surface area contributed by atoms with Crippen LogP contribution in [-0.4, -0.2) is 27.1 Å². The number of hydrogen-bond donors (Lipinski definition) is 1.